The summed E-state index contributed by atoms with van der Waals surface area (Å²) in [6.45, 7) is 5.63. The van der Waals surface area contributed by atoms with Gasteiger partial charge in [0.15, 0.2) is 0 Å². The molecule has 0 aromatic heterocycles. The molecule has 0 radical (unpaired) electrons. The van der Waals surface area contributed by atoms with Gasteiger partial charge in [-0.25, -0.2) is 0 Å². The Morgan fingerprint density at radius 2 is 1.92 bits per heavy atom. The fourth-order valence-electron chi connectivity index (χ4n) is 3.06. The Labute approximate surface area is 150 Å². The molecule has 0 bridgehead atoms. The average molecular weight is 346 g/mol. The smallest absolute Gasteiger partial charge is 0.122 e. The molecule has 128 valence electrons. The van der Waals surface area contributed by atoms with E-state index in [1.165, 1.54) is 11.3 Å². The maximum atomic E-state index is 10.3. The highest BCUT2D eigenvalue weighted by Crippen LogP contribution is 2.27. The molecule has 3 nitrogen and oxygen atoms in total. The molecule has 4 heteroatoms. The highest BCUT2D eigenvalue weighted by molar-refractivity contribution is 5.85. The van der Waals surface area contributed by atoms with Gasteiger partial charge in [-0.15, -0.1) is 19.0 Å². The molecule has 3 rings (SSSR count). The third-order valence-electron chi connectivity index (χ3n) is 4.18. The van der Waals surface area contributed by atoms with E-state index in [1.807, 2.05) is 36.4 Å². The summed E-state index contributed by atoms with van der Waals surface area (Å²) < 4.78 is 5.83. The van der Waals surface area contributed by atoms with Gasteiger partial charge in [-0.1, -0.05) is 42.5 Å². The molecule has 0 amide bonds. The molecular weight excluding hydrogens is 322 g/mol. The zero-order valence-corrected chi connectivity index (χ0v) is 14.5. The molecule has 0 fully saturated rings. The maximum absolute atomic E-state index is 10.3. The number of aliphatic hydroxyl groups excluding tert-OH is 1. The number of hydrogen-bond donors (Lipinski definition) is 1. The first-order valence-corrected chi connectivity index (χ1v) is 8.10. The lowest BCUT2D eigenvalue weighted by Crippen LogP contribution is -2.34. The van der Waals surface area contributed by atoms with Crippen LogP contribution in [0.4, 0.5) is 5.69 Å². The Hall–Kier alpha value is -1.97. The van der Waals surface area contributed by atoms with E-state index < -0.39 is 6.10 Å². The summed E-state index contributed by atoms with van der Waals surface area (Å²) in [5.74, 6) is 0.827. The van der Waals surface area contributed by atoms with E-state index >= 15 is 0 Å². The molecule has 1 N–H and O–H groups in total. The van der Waals surface area contributed by atoms with Gasteiger partial charge in [0.2, 0.25) is 0 Å². The highest BCUT2D eigenvalue weighted by atomic mass is 35.5. The minimum absolute atomic E-state index is 0. The monoisotopic (exact) mass is 345 g/mol. The predicted octanol–water partition coefficient (Wildman–Crippen LogP) is 3.64. The van der Waals surface area contributed by atoms with Crippen molar-refractivity contribution < 1.29 is 9.84 Å². The number of rotatable bonds is 7. The third kappa shape index (κ3) is 4.31. The van der Waals surface area contributed by atoms with Gasteiger partial charge in [-0.05, 0) is 36.1 Å². The van der Waals surface area contributed by atoms with Crippen LogP contribution in [0, 0.1) is 0 Å². The van der Waals surface area contributed by atoms with E-state index in [0.717, 1.165) is 30.7 Å². The Kier molecular flexibility index (Phi) is 6.71. The highest BCUT2D eigenvalue weighted by Gasteiger charge is 2.21. The lowest BCUT2D eigenvalue weighted by atomic mass is 10.1. The van der Waals surface area contributed by atoms with Crippen LogP contribution in [0.3, 0.4) is 0 Å². The molecule has 0 spiro atoms. The van der Waals surface area contributed by atoms with Gasteiger partial charge in [0, 0.05) is 18.8 Å². The maximum Gasteiger partial charge on any atom is 0.122 e. The van der Waals surface area contributed by atoms with E-state index in [4.69, 9.17) is 4.74 Å². The first-order valence-electron chi connectivity index (χ1n) is 8.10. The van der Waals surface area contributed by atoms with Crippen LogP contribution in [0.5, 0.6) is 5.75 Å². The molecule has 1 aliphatic heterocycles. The van der Waals surface area contributed by atoms with Gasteiger partial charge in [0.1, 0.15) is 18.5 Å². The van der Waals surface area contributed by atoms with E-state index in [1.54, 1.807) is 0 Å². The van der Waals surface area contributed by atoms with Crippen LogP contribution in [0.1, 0.15) is 11.1 Å². The normalized spacial score (nSPS) is 13.8. The van der Waals surface area contributed by atoms with Gasteiger partial charge in [0.05, 0.1) is 0 Å². The number of anilines is 1. The summed E-state index contributed by atoms with van der Waals surface area (Å²) in [5, 5.41) is 10.3. The van der Waals surface area contributed by atoms with Crippen molar-refractivity contribution in [2.75, 3.05) is 24.6 Å². The number of ether oxygens (including phenoxy) is 1. The molecule has 1 atom stereocenters. The summed E-state index contributed by atoms with van der Waals surface area (Å²) in [6, 6.07) is 16.3. The minimum Gasteiger partial charge on any atom is -0.491 e. The van der Waals surface area contributed by atoms with Gasteiger partial charge < -0.3 is 14.7 Å². The number of β-amino-alcohol motifs (C(OH)–C–C–N with tert-alkyl or cyclic N) is 1. The number of hydrogen-bond acceptors (Lipinski definition) is 3. The SMILES string of the molecule is C=CCc1ccccc1OCC(O)CN1CCc2ccccc21.Cl. The quantitative estimate of drug-likeness (QED) is 0.778. The van der Waals surface area contributed by atoms with Crippen molar-refractivity contribution in [3.8, 4) is 5.75 Å². The number of para-hydroxylation sites is 2. The number of halogens is 1. The van der Waals surface area contributed by atoms with Gasteiger partial charge in [0.25, 0.3) is 0 Å². The van der Waals surface area contributed by atoms with Crippen molar-refractivity contribution in [1.29, 1.82) is 0 Å². The van der Waals surface area contributed by atoms with E-state index in [-0.39, 0.29) is 12.4 Å². The van der Waals surface area contributed by atoms with Crippen molar-refractivity contribution in [2.24, 2.45) is 0 Å². The van der Waals surface area contributed by atoms with Crippen molar-refractivity contribution in [3.05, 3.63) is 72.3 Å². The summed E-state index contributed by atoms with van der Waals surface area (Å²) in [5.41, 5.74) is 3.69. The average Bonchev–Trinajstić information content (AvgIpc) is 2.98. The van der Waals surface area contributed by atoms with E-state index in [0.29, 0.717) is 13.2 Å². The Bertz CT molecular complexity index is 674. The number of aliphatic hydroxyl groups is 1. The van der Waals surface area contributed by atoms with Crippen LogP contribution >= 0.6 is 12.4 Å². The largest absolute Gasteiger partial charge is 0.491 e. The second-order valence-electron chi connectivity index (χ2n) is 5.89. The van der Waals surface area contributed by atoms with E-state index in [9.17, 15) is 5.11 Å². The second kappa shape index (κ2) is 8.76. The molecule has 1 unspecified atom stereocenters. The lowest BCUT2D eigenvalue weighted by molar-refractivity contribution is 0.112. The molecule has 2 aromatic carbocycles. The van der Waals surface area contributed by atoms with Crippen molar-refractivity contribution in [3.63, 3.8) is 0 Å². The molecule has 24 heavy (non-hydrogen) atoms. The van der Waals surface area contributed by atoms with Crippen LogP contribution in [0.2, 0.25) is 0 Å². The van der Waals surface area contributed by atoms with Gasteiger partial charge >= 0.3 is 0 Å². The number of benzene rings is 2. The Morgan fingerprint density at radius 1 is 1.17 bits per heavy atom. The van der Waals surface area contributed by atoms with Gasteiger partial charge in [-0.3, -0.25) is 0 Å². The van der Waals surface area contributed by atoms with Crippen molar-refractivity contribution >= 4 is 18.1 Å². The van der Waals surface area contributed by atoms with Crippen LogP contribution < -0.4 is 9.64 Å². The fourth-order valence-corrected chi connectivity index (χ4v) is 3.06. The first kappa shape index (κ1) is 18.4. The number of allylic oxidation sites excluding steroid dienone is 1. The summed E-state index contributed by atoms with van der Waals surface area (Å²) >= 11 is 0. The minimum atomic E-state index is -0.516. The first-order chi connectivity index (χ1) is 11.3. The zero-order valence-electron chi connectivity index (χ0n) is 13.7. The van der Waals surface area contributed by atoms with Crippen molar-refractivity contribution in [1.82, 2.24) is 0 Å². The summed E-state index contributed by atoms with van der Waals surface area (Å²) in [7, 11) is 0. The Balaban J connectivity index is 0.00000208. The van der Waals surface area contributed by atoms with Crippen LogP contribution in [-0.4, -0.2) is 30.9 Å². The molecule has 0 aliphatic carbocycles. The molecule has 2 aromatic rings. The fraction of sp³-hybridized carbons (Fsp3) is 0.300. The predicted molar refractivity (Wildman–Crippen MR) is 101 cm³/mol. The van der Waals surface area contributed by atoms with E-state index in [2.05, 4.69) is 29.7 Å². The molecule has 0 saturated heterocycles. The molecule has 0 saturated carbocycles. The molecular formula is C20H24ClNO2. The summed E-state index contributed by atoms with van der Waals surface area (Å²) in [6.07, 6.45) is 3.16. The lowest BCUT2D eigenvalue weighted by Gasteiger charge is -2.23. The second-order valence-corrected chi connectivity index (χ2v) is 5.89. The third-order valence-corrected chi connectivity index (χ3v) is 4.18. The van der Waals surface area contributed by atoms with Gasteiger partial charge in [-0.2, -0.15) is 0 Å². The van der Waals surface area contributed by atoms with Crippen molar-refractivity contribution in [2.45, 2.75) is 18.9 Å². The molecule has 1 aliphatic rings. The van der Waals surface area contributed by atoms with Crippen LogP contribution in [0.15, 0.2) is 61.2 Å². The topological polar surface area (TPSA) is 32.7 Å². The summed E-state index contributed by atoms with van der Waals surface area (Å²) in [4.78, 5) is 2.24. The number of fused-ring (bicyclic) bond motifs is 1. The van der Waals surface area contributed by atoms with Crippen LogP contribution in [0.25, 0.3) is 0 Å². The zero-order chi connectivity index (χ0) is 16.1. The molecule has 1 heterocycles. The number of nitrogens with zero attached hydrogens (tertiary/aromatic N) is 1. The van der Waals surface area contributed by atoms with Crippen LogP contribution in [-0.2, 0) is 12.8 Å². The standard InChI is InChI=1S/C20H23NO2.ClH/c1-2-7-17-9-4-6-11-20(17)23-15-18(22)14-21-13-12-16-8-3-5-10-19(16)21;/h2-6,8-11,18,22H,1,7,12-15H2;1H. The Morgan fingerprint density at radius 3 is 2.75 bits per heavy atom.